The van der Waals surface area contributed by atoms with Crippen LogP contribution in [0.1, 0.15) is 5.56 Å². The van der Waals surface area contributed by atoms with E-state index in [1.165, 1.54) is 11.3 Å². The molecule has 4 heteroatoms. The molecule has 1 saturated heterocycles. The Hall–Kier alpha value is -0.770. The zero-order valence-corrected chi connectivity index (χ0v) is 12.2. The summed E-state index contributed by atoms with van der Waals surface area (Å²) in [6.45, 7) is 6.42. The van der Waals surface area contributed by atoms with Crippen LogP contribution in [0.3, 0.4) is 0 Å². The van der Waals surface area contributed by atoms with Gasteiger partial charge in [-0.05, 0) is 44.8 Å². The van der Waals surface area contributed by atoms with E-state index >= 15 is 0 Å². The number of nitrogens with one attached hydrogen (secondary N) is 1. The number of piperazine rings is 1. The van der Waals surface area contributed by atoms with Crippen LogP contribution in [0.25, 0.3) is 0 Å². The number of hydrogen-bond acceptors (Lipinski definition) is 3. The van der Waals surface area contributed by atoms with Crippen molar-refractivity contribution in [1.29, 1.82) is 0 Å². The highest BCUT2D eigenvalue weighted by Crippen LogP contribution is 2.25. The summed E-state index contributed by atoms with van der Waals surface area (Å²) in [5.41, 5.74) is 2.57. The monoisotopic (exact) mass is 267 g/mol. The normalized spacial score (nSPS) is 21.3. The second-order valence-electron chi connectivity index (χ2n) is 5.07. The van der Waals surface area contributed by atoms with Crippen molar-refractivity contribution in [1.82, 2.24) is 10.2 Å². The summed E-state index contributed by atoms with van der Waals surface area (Å²) in [4.78, 5) is 4.89. The predicted octanol–water partition coefficient (Wildman–Crippen LogP) is 1.99. The molecule has 1 aromatic carbocycles. The third kappa shape index (κ3) is 2.97. The zero-order chi connectivity index (χ0) is 13.1. The van der Waals surface area contributed by atoms with Crippen molar-refractivity contribution in [3.8, 4) is 0 Å². The maximum absolute atomic E-state index is 6.02. The Labute approximate surface area is 115 Å². The number of nitrogens with zero attached hydrogens (tertiary/aromatic N) is 2. The molecule has 0 radical (unpaired) electrons. The highest BCUT2D eigenvalue weighted by atomic mass is 35.5. The molecule has 1 aromatic rings. The average Bonchev–Trinajstić information content (AvgIpc) is 2.33. The van der Waals surface area contributed by atoms with Crippen LogP contribution in [-0.2, 0) is 0 Å². The smallest absolute Gasteiger partial charge is 0.0410 e. The number of likely N-dealkylation sites (N-methyl/N-ethyl adjacent to an activating group) is 2. The largest absolute Gasteiger partial charge is 0.368 e. The highest BCUT2D eigenvalue weighted by molar-refractivity contribution is 6.30. The van der Waals surface area contributed by atoms with Crippen LogP contribution in [0.5, 0.6) is 0 Å². The Morgan fingerprint density at radius 1 is 1.39 bits per heavy atom. The fourth-order valence-electron chi connectivity index (χ4n) is 2.59. The van der Waals surface area contributed by atoms with E-state index in [1.54, 1.807) is 0 Å². The van der Waals surface area contributed by atoms with Crippen LogP contribution < -0.4 is 10.2 Å². The molecule has 1 fully saturated rings. The van der Waals surface area contributed by atoms with Gasteiger partial charge in [-0.3, -0.25) is 4.90 Å². The lowest BCUT2D eigenvalue weighted by atomic mass is 10.1. The van der Waals surface area contributed by atoms with Gasteiger partial charge in [0.05, 0.1) is 0 Å². The van der Waals surface area contributed by atoms with E-state index in [9.17, 15) is 0 Å². The Morgan fingerprint density at radius 2 is 2.17 bits per heavy atom. The van der Waals surface area contributed by atoms with Gasteiger partial charge in [-0.1, -0.05) is 11.6 Å². The number of hydrogen-bond donors (Lipinski definition) is 1. The first-order valence-electron chi connectivity index (χ1n) is 6.47. The van der Waals surface area contributed by atoms with Gasteiger partial charge in [0.1, 0.15) is 0 Å². The van der Waals surface area contributed by atoms with Crippen molar-refractivity contribution in [2.24, 2.45) is 0 Å². The lowest BCUT2D eigenvalue weighted by Crippen LogP contribution is -2.54. The summed E-state index contributed by atoms with van der Waals surface area (Å²) < 4.78 is 0. The van der Waals surface area contributed by atoms with Crippen molar-refractivity contribution in [2.45, 2.75) is 13.0 Å². The van der Waals surface area contributed by atoms with E-state index in [1.807, 2.05) is 19.2 Å². The van der Waals surface area contributed by atoms with Gasteiger partial charge in [0.2, 0.25) is 0 Å². The molecule has 0 aromatic heterocycles. The van der Waals surface area contributed by atoms with E-state index in [-0.39, 0.29) is 0 Å². The van der Waals surface area contributed by atoms with Gasteiger partial charge in [0, 0.05) is 42.9 Å². The molecule has 2 rings (SSSR count). The van der Waals surface area contributed by atoms with Gasteiger partial charge in [0.15, 0.2) is 0 Å². The van der Waals surface area contributed by atoms with E-state index < -0.39 is 0 Å². The number of anilines is 1. The maximum Gasteiger partial charge on any atom is 0.0410 e. The summed E-state index contributed by atoms with van der Waals surface area (Å²) >= 11 is 6.02. The molecule has 1 atom stereocenters. The van der Waals surface area contributed by atoms with E-state index in [0.29, 0.717) is 6.04 Å². The number of halogens is 1. The second-order valence-corrected chi connectivity index (χ2v) is 5.51. The lowest BCUT2D eigenvalue weighted by molar-refractivity contribution is 0.216. The van der Waals surface area contributed by atoms with E-state index in [4.69, 9.17) is 11.6 Å². The van der Waals surface area contributed by atoms with Crippen LogP contribution >= 0.6 is 11.6 Å². The number of aryl methyl sites for hydroxylation is 1. The molecule has 1 unspecified atom stereocenters. The first-order valence-corrected chi connectivity index (χ1v) is 6.85. The molecule has 0 aliphatic carbocycles. The Kier molecular flexibility index (Phi) is 4.49. The minimum Gasteiger partial charge on any atom is -0.368 e. The van der Waals surface area contributed by atoms with Crippen molar-refractivity contribution in [2.75, 3.05) is 45.2 Å². The van der Waals surface area contributed by atoms with Crippen molar-refractivity contribution >= 4 is 17.3 Å². The molecule has 100 valence electrons. The number of rotatable bonds is 3. The van der Waals surface area contributed by atoms with Gasteiger partial charge in [0.25, 0.3) is 0 Å². The quantitative estimate of drug-likeness (QED) is 0.904. The Balaban J connectivity index is 2.13. The van der Waals surface area contributed by atoms with E-state index in [2.05, 4.69) is 35.2 Å². The fraction of sp³-hybridized carbons (Fsp3) is 0.571. The molecular weight excluding hydrogens is 246 g/mol. The average molecular weight is 268 g/mol. The molecule has 1 aliphatic heterocycles. The fourth-order valence-corrected chi connectivity index (χ4v) is 2.82. The molecule has 1 aliphatic rings. The first-order chi connectivity index (χ1) is 8.61. The molecule has 18 heavy (non-hydrogen) atoms. The number of benzene rings is 1. The van der Waals surface area contributed by atoms with Crippen molar-refractivity contribution in [3.63, 3.8) is 0 Å². The minimum atomic E-state index is 0.568. The van der Waals surface area contributed by atoms with Crippen molar-refractivity contribution in [3.05, 3.63) is 28.8 Å². The van der Waals surface area contributed by atoms with Gasteiger partial charge < -0.3 is 10.2 Å². The summed E-state index contributed by atoms with van der Waals surface area (Å²) in [7, 11) is 4.22. The maximum atomic E-state index is 6.02. The summed E-state index contributed by atoms with van der Waals surface area (Å²) in [6.07, 6.45) is 0. The van der Waals surface area contributed by atoms with Gasteiger partial charge in [-0.25, -0.2) is 0 Å². The summed E-state index contributed by atoms with van der Waals surface area (Å²) in [6, 6.07) is 6.73. The molecule has 0 spiro atoms. The van der Waals surface area contributed by atoms with Crippen LogP contribution in [0.15, 0.2) is 18.2 Å². The molecule has 0 amide bonds. The van der Waals surface area contributed by atoms with Crippen molar-refractivity contribution < 1.29 is 0 Å². The third-order valence-electron chi connectivity index (χ3n) is 3.72. The zero-order valence-electron chi connectivity index (χ0n) is 11.4. The SMILES string of the molecule is CNCC1CN(c2ccc(Cl)cc2C)CCN1C. The molecule has 1 N–H and O–H groups in total. The molecule has 3 nitrogen and oxygen atoms in total. The highest BCUT2D eigenvalue weighted by Gasteiger charge is 2.24. The van der Waals surface area contributed by atoms with Gasteiger partial charge in [-0.15, -0.1) is 0 Å². The Bertz CT molecular complexity index is 408. The summed E-state index contributed by atoms with van der Waals surface area (Å²) in [5, 5.41) is 4.09. The van der Waals surface area contributed by atoms with Crippen LogP contribution in [0.2, 0.25) is 5.02 Å². The summed E-state index contributed by atoms with van der Waals surface area (Å²) in [5.74, 6) is 0. The third-order valence-corrected chi connectivity index (χ3v) is 3.95. The minimum absolute atomic E-state index is 0.568. The second kappa shape index (κ2) is 5.91. The standard InChI is InChI=1S/C14H22ClN3/c1-11-8-12(15)4-5-14(11)18-7-6-17(3)13(10-18)9-16-2/h4-5,8,13,16H,6-7,9-10H2,1-3H3. The molecule has 0 saturated carbocycles. The first kappa shape index (κ1) is 13.7. The van der Waals surface area contributed by atoms with E-state index in [0.717, 1.165) is 31.2 Å². The molecule has 0 bridgehead atoms. The van der Waals surface area contributed by atoms with Gasteiger partial charge in [-0.2, -0.15) is 0 Å². The van der Waals surface area contributed by atoms with Gasteiger partial charge >= 0.3 is 0 Å². The van der Waals surface area contributed by atoms with Crippen LogP contribution in [0, 0.1) is 6.92 Å². The Morgan fingerprint density at radius 3 is 2.83 bits per heavy atom. The van der Waals surface area contributed by atoms with Crippen LogP contribution in [-0.4, -0.2) is 51.2 Å². The van der Waals surface area contributed by atoms with Crippen LogP contribution in [0.4, 0.5) is 5.69 Å². The predicted molar refractivity (Wildman–Crippen MR) is 78.7 cm³/mol. The molecule has 1 heterocycles. The topological polar surface area (TPSA) is 18.5 Å². The lowest BCUT2D eigenvalue weighted by Gasteiger charge is -2.41. The molecular formula is C14H22ClN3.